The zero-order chi connectivity index (χ0) is 15.5. The molecule has 0 aromatic carbocycles. The summed E-state index contributed by atoms with van der Waals surface area (Å²) in [5.41, 5.74) is 0. The summed E-state index contributed by atoms with van der Waals surface area (Å²) in [6.45, 7) is 0.858. The Balaban J connectivity index is 1.79. The van der Waals surface area contributed by atoms with E-state index in [0.717, 1.165) is 24.7 Å². The van der Waals surface area contributed by atoms with Gasteiger partial charge in [-0.05, 0) is 44.1 Å². The highest BCUT2D eigenvalue weighted by molar-refractivity contribution is 7.95. The van der Waals surface area contributed by atoms with Gasteiger partial charge < -0.3 is 14.5 Å². The van der Waals surface area contributed by atoms with E-state index < -0.39 is 0 Å². The fraction of sp³-hybridized carbons (Fsp3) is 0.938. The van der Waals surface area contributed by atoms with Crippen LogP contribution in [0.5, 0.6) is 0 Å². The Morgan fingerprint density at radius 3 is 2.00 bits per heavy atom. The SMILES string of the molecule is [Si]OSCCCN=C(NC1CCCCC1)NC1CCCCC1. The maximum atomic E-state index is 4.83. The molecule has 0 aromatic heterocycles. The van der Waals surface area contributed by atoms with Gasteiger partial charge in [-0.15, -0.1) is 0 Å². The van der Waals surface area contributed by atoms with Crippen molar-refractivity contribution in [3.63, 3.8) is 0 Å². The number of guanidine groups is 1. The van der Waals surface area contributed by atoms with Crippen molar-refractivity contribution in [2.75, 3.05) is 12.3 Å². The minimum atomic E-state index is 0.614. The molecule has 4 nitrogen and oxygen atoms in total. The minimum Gasteiger partial charge on any atom is -0.359 e. The van der Waals surface area contributed by atoms with E-state index in [1.165, 1.54) is 76.3 Å². The average Bonchev–Trinajstić information content (AvgIpc) is 2.56. The monoisotopic (exact) mass is 340 g/mol. The van der Waals surface area contributed by atoms with Crippen molar-refractivity contribution >= 4 is 28.5 Å². The standard InChI is InChI=1S/C16H30N3OSSi/c22-20-21-13-7-12-17-16(18-14-8-3-1-4-9-14)19-15-10-5-2-6-11-15/h14-15H,1-13H2,(H2,17,18,19). The van der Waals surface area contributed by atoms with Gasteiger partial charge in [0.25, 0.3) is 10.5 Å². The van der Waals surface area contributed by atoms with E-state index in [1.54, 1.807) is 0 Å². The van der Waals surface area contributed by atoms with E-state index in [9.17, 15) is 0 Å². The molecule has 2 N–H and O–H groups in total. The molecule has 0 aliphatic heterocycles. The Morgan fingerprint density at radius 1 is 0.955 bits per heavy atom. The van der Waals surface area contributed by atoms with Crippen molar-refractivity contribution < 1.29 is 3.87 Å². The lowest BCUT2D eigenvalue weighted by molar-refractivity contribution is 0.388. The largest absolute Gasteiger partial charge is 0.359 e. The van der Waals surface area contributed by atoms with Gasteiger partial charge in [-0.3, -0.25) is 4.99 Å². The van der Waals surface area contributed by atoms with Gasteiger partial charge in [-0.25, -0.2) is 0 Å². The lowest BCUT2D eigenvalue weighted by Gasteiger charge is -2.29. The Morgan fingerprint density at radius 2 is 1.50 bits per heavy atom. The predicted octanol–water partition coefficient (Wildman–Crippen LogP) is 3.33. The maximum Gasteiger partial charge on any atom is 0.269 e. The summed E-state index contributed by atoms with van der Waals surface area (Å²) in [5.74, 6) is 2.01. The van der Waals surface area contributed by atoms with Crippen LogP contribution in [0.15, 0.2) is 4.99 Å². The first-order valence-corrected chi connectivity index (χ1v) is 10.2. The molecule has 0 heterocycles. The Hall–Kier alpha value is -0.203. The second-order valence-electron chi connectivity index (χ2n) is 6.45. The van der Waals surface area contributed by atoms with Crippen LogP contribution in [0.25, 0.3) is 0 Å². The van der Waals surface area contributed by atoms with E-state index >= 15 is 0 Å². The topological polar surface area (TPSA) is 45.6 Å². The van der Waals surface area contributed by atoms with Crippen LogP contribution >= 0.6 is 12.0 Å². The summed E-state index contributed by atoms with van der Waals surface area (Å²) in [6.07, 6.45) is 14.4. The second kappa shape index (κ2) is 11.4. The third-order valence-electron chi connectivity index (χ3n) is 4.61. The molecule has 0 unspecified atom stereocenters. The third kappa shape index (κ3) is 7.37. The molecule has 3 radical (unpaired) electrons. The highest BCUT2D eigenvalue weighted by Crippen LogP contribution is 2.19. The van der Waals surface area contributed by atoms with Crippen LogP contribution in [0.1, 0.15) is 70.6 Å². The molecule has 2 saturated carbocycles. The average molecular weight is 341 g/mol. The van der Waals surface area contributed by atoms with E-state index in [1.807, 2.05) is 0 Å². The van der Waals surface area contributed by atoms with Crippen LogP contribution in [0.3, 0.4) is 0 Å². The number of aliphatic imine (C=N–C) groups is 1. The second-order valence-corrected chi connectivity index (χ2v) is 7.76. The molecule has 22 heavy (non-hydrogen) atoms. The fourth-order valence-corrected chi connectivity index (χ4v) is 3.95. The molecule has 125 valence electrons. The number of nitrogens with one attached hydrogen (secondary N) is 2. The number of nitrogens with zero attached hydrogens (tertiary/aromatic N) is 1. The number of rotatable bonds is 7. The summed E-state index contributed by atoms with van der Waals surface area (Å²) in [7, 11) is 3.01. The fourth-order valence-electron chi connectivity index (χ4n) is 3.37. The first kappa shape index (κ1) is 18.1. The van der Waals surface area contributed by atoms with Gasteiger partial charge in [0.05, 0.1) is 0 Å². The molecule has 0 atom stereocenters. The van der Waals surface area contributed by atoms with E-state index in [2.05, 4.69) is 21.1 Å². The summed E-state index contributed by atoms with van der Waals surface area (Å²) in [5, 5.41) is 7.37. The van der Waals surface area contributed by atoms with Crippen LogP contribution in [-0.4, -0.2) is 40.8 Å². The third-order valence-corrected chi connectivity index (χ3v) is 5.53. The Labute approximate surface area is 143 Å². The molecule has 0 amide bonds. The molecule has 2 aliphatic carbocycles. The highest BCUT2D eigenvalue weighted by Gasteiger charge is 2.18. The van der Waals surface area contributed by atoms with Crippen LogP contribution in [0, 0.1) is 0 Å². The summed E-state index contributed by atoms with van der Waals surface area (Å²) < 4.78 is 4.83. The van der Waals surface area contributed by atoms with E-state index in [4.69, 9.17) is 8.86 Å². The van der Waals surface area contributed by atoms with Gasteiger partial charge in [-0.2, -0.15) is 0 Å². The van der Waals surface area contributed by atoms with Crippen LogP contribution in [0.2, 0.25) is 0 Å². The zero-order valence-corrected chi connectivity index (χ0v) is 15.4. The van der Waals surface area contributed by atoms with Crippen LogP contribution in [0.4, 0.5) is 0 Å². The molecule has 6 heteroatoms. The van der Waals surface area contributed by atoms with Crippen molar-refractivity contribution in [2.24, 2.45) is 4.99 Å². The molecular formula is C16H30N3OSSi. The molecule has 2 fully saturated rings. The predicted molar refractivity (Wildman–Crippen MR) is 96.2 cm³/mol. The van der Waals surface area contributed by atoms with Gasteiger partial charge in [0.1, 0.15) is 0 Å². The molecule has 0 spiro atoms. The van der Waals surface area contributed by atoms with Gasteiger partial charge >= 0.3 is 0 Å². The molecule has 0 saturated heterocycles. The summed E-state index contributed by atoms with van der Waals surface area (Å²) in [6, 6.07) is 1.23. The van der Waals surface area contributed by atoms with E-state index in [-0.39, 0.29) is 0 Å². The lowest BCUT2D eigenvalue weighted by atomic mass is 9.95. The van der Waals surface area contributed by atoms with Crippen molar-refractivity contribution in [3.05, 3.63) is 0 Å². The summed E-state index contributed by atoms with van der Waals surface area (Å²) in [4.78, 5) is 4.79. The maximum absolute atomic E-state index is 4.83. The van der Waals surface area contributed by atoms with Crippen molar-refractivity contribution in [3.8, 4) is 0 Å². The number of hydrogen-bond acceptors (Lipinski definition) is 3. The molecule has 2 aliphatic rings. The first-order valence-electron chi connectivity index (χ1n) is 8.91. The summed E-state index contributed by atoms with van der Waals surface area (Å²) >= 11 is 1.43. The quantitative estimate of drug-likeness (QED) is 0.245. The molecule has 0 bridgehead atoms. The van der Waals surface area contributed by atoms with Crippen LogP contribution in [-0.2, 0) is 3.87 Å². The zero-order valence-electron chi connectivity index (χ0n) is 13.6. The van der Waals surface area contributed by atoms with Gasteiger partial charge in [-0.1, -0.05) is 38.5 Å². The van der Waals surface area contributed by atoms with Gasteiger partial charge in [0.15, 0.2) is 5.96 Å². The smallest absolute Gasteiger partial charge is 0.269 e. The Kier molecular flexibility index (Phi) is 9.36. The first-order chi connectivity index (χ1) is 10.9. The number of hydrogen-bond donors (Lipinski definition) is 2. The van der Waals surface area contributed by atoms with Gasteiger partial charge in [0, 0.05) is 24.4 Å². The van der Waals surface area contributed by atoms with Crippen molar-refractivity contribution in [1.82, 2.24) is 10.6 Å². The lowest BCUT2D eigenvalue weighted by Crippen LogP contribution is -2.48. The minimum absolute atomic E-state index is 0.614. The van der Waals surface area contributed by atoms with Gasteiger partial charge in [0.2, 0.25) is 0 Å². The molecule has 0 aromatic rings. The van der Waals surface area contributed by atoms with E-state index in [0.29, 0.717) is 12.1 Å². The Bertz CT molecular complexity index is 297. The highest BCUT2D eigenvalue weighted by atomic mass is 32.2. The van der Waals surface area contributed by atoms with Crippen molar-refractivity contribution in [1.29, 1.82) is 0 Å². The van der Waals surface area contributed by atoms with Crippen molar-refractivity contribution in [2.45, 2.75) is 82.7 Å². The molecule has 2 rings (SSSR count). The molecular weight excluding hydrogens is 310 g/mol. The van der Waals surface area contributed by atoms with Crippen LogP contribution < -0.4 is 10.6 Å². The normalized spacial score (nSPS) is 20.6.